The standard InChI is InChI=1S/C9H19O3/c1-3-4-5-11-8-9-12-7-6-10-2/h3H,4-9H2,1-2H3. The number of unbranched alkanes of at least 4 members (excludes halogenated alkanes) is 1. The van der Waals surface area contributed by atoms with E-state index in [1.165, 1.54) is 0 Å². The quantitative estimate of drug-likeness (QED) is 0.494. The molecule has 0 bridgehead atoms. The van der Waals surface area contributed by atoms with E-state index in [2.05, 4.69) is 6.42 Å². The van der Waals surface area contributed by atoms with Crippen LogP contribution >= 0.6 is 0 Å². The van der Waals surface area contributed by atoms with Crippen LogP contribution in [-0.2, 0) is 14.2 Å². The van der Waals surface area contributed by atoms with Crippen LogP contribution in [0.15, 0.2) is 0 Å². The first-order valence-electron chi connectivity index (χ1n) is 4.34. The van der Waals surface area contributed by atoms with E-state index in [9.17, 15) is 0 Å². The van der Waals surface area contributed by atoms with Gasteiger partial charge in [-0.1, -0.05) is 6.92 Å². The topological polar surface area (TPSA) is 27.7 Å². The van der Waals surface area contributed by atoms with Gasteiger partial charge in [0.1, 0.15) is 0 Å². The van der Waals surface area contributed by atoms with Gasteiger partial charge < -0.3 is 14.2 Å². The zero-order valence-corrected chi connectivity index (χ0v) is 8.04. The van der Waals surface area contributed by atoms with Gasteiger partial charge in [0.25, 0.3) is 0 Å². The second-order valence-corrected chi connectivity index (χ2v) is 2.41. The van der Waals surface area contributed by atoms with Crippen molar-refractivity contribution in [3.05, 3.63) is 6.42 Å². The Hall–Kier alpha value is -0.120. The third kappa shape index (κ3) is 9.88. The van der Waals surface area contributed by atoms with Gasteiger partial charge in [0.2, 0.25) is 0 Å². The molecule has 0 aliphatic carbocycles. The number of methoxy groups -OCH3 is 1. The molecule has 0 atom stereocenters. The minimum Gasteiger partial charge on any atom is -0.382 e. The Morgan fingerprint density at radius 3 is 2.08 bits per heavy atom. The summed E-state index contributed by atoms with van der Waals surface area (Å²) < 4.78 is 15.3. The van der Waals surface area contributed by atoms with Gasteiger partial charge >= 0.3 is 0 Å². The fraction of sp³-hybridized carbons (Fsp3) is 0.889. The lowest BCUT2D eigenvalue weighted by atomic mass is 10.4. The molecule has 0 rings (SSSR count). The van der Waals surface area contributed by atoms with E-state index in [1.807, 2.05) is 6.92 Å². The van der Waals surface area contributed by atoms with Crippen molar-refractivity contribution in [2.45, 2.75) is 13.3 Å². The molecular weight excluding hydrogens is 156 g/mol. The molecule has 0 unspecified atom stereocenters. The van der Waals surface area contributed by atoms with E-state index in [4.69, 9.17) is 14.2 Å². The average molecular weight is 175 g/mol. The minimum absolute atomic E-state index is 0.653. The van der Waals surface area contributed by atoms with E-state index in [1.54, 1.807) is 7.11 Å². The van der Waals surface area contributed by atoms with Crippen LogP contribution in [-0.4, -0.2) is 40.1 Å². The molecule has 3 heteroatoms. The Morgan fingerprint density at radius 1 is 0.917 bits per heavy atom. The van der Waals surface area contributed by atoms with Crippen molar-refractivity contribution in [2.75, 3.05) is 40.1 Å². The molecule has 0 heterocycles. The molecule has 0 fully saturated rings. The zero-order valence-electron chi connectivity index (χ0n) is 8.04. The molecule has 73 valence electrons. The molecule has 0 saturated heterocycles. The Kier molecular flexibility index (Phi) is 10.8. The highest BCUT2D eigenvalue weighted by molar-refractivity contribution is 4.52. The second kappa shape index (κ2) is 10.9. The van der Waals surface area contributed by atoms with Crippen molar-refractivity contribution >= 4 is 0 Å². The molecule has 3 nitrogen and oxygen atoms in total. The molecule has 12 heavy (non-hydrogen) atoms. The maximum atomic E-state index is 5.26. The van der Waals surface area contributed by atoms with Gasteiger partial charge in [0.15, 0.2) is 0 Å². The first-order chi connectivity index (χ1) is 5.91. The van der Waals surface area contributed by atoms with E-state index in [0.717, 1.165) is 13.0 Å². The lowest BCUT2D eigenvalue weighted by Crippen LogP contribution is -2.08. The summed E-state index contributed by atoms with van der Waals surface area (Å²) in [6.45, 7) is 5.47. The highest BCUT2D eigenvalue weighted by Gasteiger charge is 1.88. The molecule has 0 spiro atoms. The Balaban J connectivity index is 2.73. The zero-order chi connectivity index (χ0) is 9.07. The monoisotopic (exact) mass is 175 g/mol. The Labute approximate surface area is 75.0 Å². The highest BCUT2D eigenvalue weighted by atomic mass is 16.5. The van der Waals surface area contributed by atoms with Crippen LogP contribution in [0.4, 0.5) is 0 Å². The second-order valence-electron chi connectivity index (χ2n) is 2.41. The lowest BCUT2D eigenvalue weighted by molar-refractivity contribution is 0.0254. The molecule has 0 aromatic carbocycles. The molecular formula is C9H19O3. The summed E-state index contributed by atoms with van der Waals surface area (Å²) in [5.74, 6) is 0. The SMILES string of the molecule is C[CH]CCOCCOCCOC. The van der Waals surface area contributed by atoms with Crippen molar-refractivity contribution < 1.29 is 14.2 Å². The molecule has 0 N–H and O–H groups in total. The third-order valence-electron chi connectivity index (χ3n) is 1.35. The smallest absolute Gasteiger partial charge is 0.0701 e. The predicted molar refractivity (Wildman–Crippen MR) is 48.1 cm³/mol. The van der Waals surface area contributed by atoms with Crippen LogP contribution in [0, 0.1) is 6.42 Å². The lowest BCUT2D eigenvalue weighted by Gasteiger charge is -2.04. The normalized spacial score (nSPS) is 10.5. The molecule has 0 aromatic heterocycles. The van der Waals surface area contributed by atoms with E-state index >= 15 is 0 Å². The number of hydrogen-bond acceptors (Lipinski definition) is 3. The van der Waals surface area contributed by atoms with Crippen LogP contribution in [0.3, 0.4) is 0 Å². The van der Waals surface area contributed by atoms with Gasteiger partial charge in [-0.3, -0.25) is 0 Å². The fourth-order valence-corrected chi connectivity index (χ4v) is 0.665. The molecule has 0 aromatic rings. The highest BCUT2D eigenvalue weighted by Crippen LogP contribution is 1.86. The van der Waals surface area contributed by atoms with Gasteiger partial charge in [-0.25, -0.2) is 0 Å². The number of rotatable bonds is 9. The van der Waals surface area contributed by atoms with Gasteiger partial charge in [-0.15, -0.1) is 0 Å². The molecule has 0 saturated carbocycles. The first-order valence-corrected chi connectivity index (χ1v) is 4.34. The summed E-state index contributed by atoms with van der Waals surface area (Å²) in [4.78, 5) is 0. The summed E-state index contributed by atoms with van der Waals surface area (Å²) in [5.41, 5.74) is 0. The predicted octanol–water partition coefficient (Wildman–Crippen LogP) is 1.28. The number of hydrogen-bond donors (Lipinski definition) is 0. The van der Waals surface area contributed by atoms with Crippen LogP contribution in [0.1, 0.15) is 13.3 Å². The summed E-state index contributed by atoms with van der Waals surface area (Å²) >= 11 is 0. The fourth-order valence-electron chi connectivity index (χ4n) is 0.665. The molecule has 0 amide bonds. The van der Waals surface area contributed by atoms with Crippen LogP contribution in [0.2, 0.25) is 0 Å². The summed E-state index contributed by atoms with van der Waals surface area (Å²) in [7, 11) is 1.66. The summed E-state index contributed by atoms with van der Waals surface area (Å²) in [6.07, 6.45) is 3.10. The summed E-state index contributed by atoms with van der Waals surface area (Å²) in [6, 6.07) is 0. The Morgan fingerprint density at radius 2 is 1.50 bits per heavy atom. The van der Waals surface area contributed by atoms with Crippen LogP contribution < -0.4 is 0 Å². The van der Waals surface area contributed by atoms with E-state index < -0.39 is 0 Å². The van der Waals surface area contributed by atoms with Crippen LogP contribution in [0.5, 0.6) is 0 Å². The van der Waals surface area contributed by atoms with Crippen molar-refractivity contribution in [3.8, 4) is 0 Å². The first kappa shape index (κ1) is 11.9. The van der Waals surface area contributed by atoms with Crippen molar-refractivity contribution in [1.29, 1.82) is 0 Å². The van der Waals surface area contributed by atoms with E-state index in [-0.39, 0.29) is 0 Å². The minimum atomic E-state index is 0.653. The molecule has 0 aliphatic rings. The maximum Gasteiger partial charge on any atom is 0.0701 e. The molecule has 0 aliphatic heterocycles. The van der Waals surface area contributed by atoms with Crippen molar-refractivity contribution in [2.24, 2.45) is 0 Å². The van der Waals surface area contributed by atoms with Crippen LogP contribution in [0.25, 0.3) is 0 Å². The average Bonchev–Trinajstić information content (AvgIpc) is 2.10. The van der Waals surface area contributed by atoms with Gasteiger partial charge in [-0.2, -0.15) is 0 Å². The van der Waals surface area contributed by atoms with Gasteiger partial charge in [0, 0.05) is 13.7 Å². The third-order valence-corrected chi connectivity index (χ3v) is 1.35. The van der Waals surface area contributed by atoms with E-state index in [0.29, 0.717) is 26.4 Å². The maximum absolute atomic E-state index is 5.26. The van der Waals surface area contributed by atoms with Crippen molar-refractivity contribution in [3.63, 3.8) is 0 Å². The largest absolute Gasteiger partial charge is 0.382 e. The summed E-state index contributed by atoms with van der Waals surface area (Å²) in [5, 5.41) is 0. The van der Waals surface area contributed by atoms with Gasteiger partial charge in [0.05, 0.1) is 26.4 Å². The number of ether oxygens (including phenoxy) is 3. The van der Waals surface area contributed by atoms with Crippen molar-refractivity contribution in [1.82, 2.24) is 0 Å². The van der Waals surface area contributed by atoms with Gasteiger partial charge in [-0.05, 0) is 12.8 Å². The Bertz CT molecular complexity index is 66.2. The molecule has 1 radical (unpaired) electrons.